The van der Waals surface area contributed by atoms with Crippen molar-refractivity contribution in [2.45, 2.75) is 19.4 Å². The Hall–Kier alpha value is -1.29. The zero-order valence-electron chi connectivity index (χ0n) is 9.77. The second-order valence-corrected chi connectivity index (χ2v) is 4.16. The zero-order chi connectivity index (χ0) is 11.4. The maximum atomic E-state index is 5.93. The lowest BCUT2D eigenvalue weighted by atomic mass is 9.97. The van der Waals surface area contributed by atoms with Crippen LogP contribution in [0.25, 0.3) is 0 Å². The van der Waals surface area contributed by atoms with Crippen LogP contribution in [0.2, 0.25) is 0 Å². The van der Waals surface area contributed by atoms with Gasteiger partial charge < -0.3 is 14.8 Å². The van der Waals surface area contributed by atoms with Crippen molar-refractivity contribution < 1.29 is 9.47 Å². The van der Waals surface area contributed by atoms with E-state index in [0.29, 0.717) is 11.8 Å². The minimum absolute atomic E-state index is 0.237. The highest BCUT2D eigenvalue weighted by atomic mass is 16.5. The van der Waals surface area contributed by atoms with Crippen molar-refractivity contribution in [1.29, 1.82) is 0 Å². The van der Waals surface area contributed by atoms with Gasteiger partial charge in [-0.2, -0.15) is 0 Å². The Bertz CT molecular complexity index is 344. The van der Waals surface area contributed by atoms with Gasteiger partial charge >= 0.3 is 0 Å². The Morgan fingerprint density at radius 3 is 3.12 bits per heavy atom. The number of nitrogens with one attached hydrogen (secondary N) is 1. The van der Waals surface area contributed by atoms with E-state index in [1.54, 1.807) is 13.3 Å². The molecule has 0 saturated carbocycles. The summed E-state index contributed by atoms with van der Waals surface area (Å²) in [7, 11) is 1.61. The molecule has 16 heavy (non-hydrogen) atoms. The molecule has 0 bridgehead atoms. The van der Waals surface area contributed by atoms with E-state index < -0.39 is 0 Å². The third kappa shape index (κ3) is 2.64. The highest BCUT2D eigenvalue weighted by Gasteiger charge is 2.22. The lowest BCUT2D eigenvalue weighted by Gasteiger charge is -2.30. The molecule has 1 fully saturated rings. The van der Waals surface area contributed by atoms with Crippen molar-refractivity contribution in [2.75, 3.05) is 20.2 Å². The summed E-state index contributed by atoms with van der Waals surface area (Å²) in [6.45, 7) is 4.22. The number of pyridine rings is 1. The molecule has 0 aliphatic carbocycles. The molecular weight excluding hydrogens is 204 g/mol. The fraction of sp³-hybridized carbons (Fsp3) is 0.583. The number of hydrogen-bond donors (Lipinski definition) is 1. The highest BCUT2D eigenvalue weighted by Crippen LogP contribution is 2.21. The second-order valence-electron chi connectivity index (χ2n) is 4.16. The van der Waals surface area contributed by atoms with Gasteiger partial charge in [-0.05, 0) is 24.9 Å². The molecule has 0 amide bonds. The van der Waals surface area contributed by atoms with Crippen LogP contribution in [0.5, 0.6) is 11.6 Å². The minimum atomic E-state index is 0.237. The first-order valence-corrected chi connectivity index (χ1v) is 5.67. The molecule has 1 aromatic heterocycles. The van der Waals surface area contributed by atoms with Crippen LogP contribution in [-0.4, -0.2) is 31.3 Å². The van der Waals surface area contributed by atoms with Gasteiger partial charge in [-0.3, -0.25) is 0 Å². The maximum absolute atomic E-state index is 5.93. The average molecular weight is 222 g/mol. The minimum Gasteiger partial charge on any atom is -0.489 e. The Morgan fingerprint density at radius 1 is 1.50 bits per heavy atom. The van der Waals surface area contributed by atoms with Crippen molar-refractivity contribution in [1.82, 2.24) is 10.3 Å². The molecule has 88 valence electrons. The van der Waals surface area contributed by atoms with Gasteiger partial charge in [0.05, 0.1) is 7.11 Å². The molecule has 2 atom stereocenters. The summed E-state index contributed by atoms with van der Waals surface area (Å²) in [5, 5.41) is 3.34. The van der Waals surface area contributed by atoms with Crippen LogP contribution < -0.4 is 14.8 Å². The van der Waals surface area contributed by atoms with Crippen molar-refractivity contribution >= 4 is 0 Å². The fourth-order valence-corrected chi connectivity index (χ4v) is 1.87. The van der Waals surface area contributed by atoms with Crippen molar-refractivity contribution in [3.63, 3.8) is 0 Å². The van der Waals surface area contributed by atoms with Crippen LogP contribution in [0, 0.1) is 5.92 Å². The highest BCUT2D eigenvalue weighted by molar-refractivity contribution is 5.26. The van der Waals surface area contributed by atoms with Gasteiger partial charge in [-0.25, -0.2) is 4.98 Å². The number of nitrogens with zero attached hydrogens (tertiary/aromatic N) is 1. The third-order valence-electron chi connectivity index (χ3n) is 2.96. The van der Waals surface area contributed by atoms with Crippen LogP contribution in [0.3, 0.4) is 0 Å². The van der Waals surface area contributed by atoms with Crippen LogP contribution in [0.1, 0.15) is 13.3 Å². The summed E-state index contributed by atoms with van der Waals surface area (Å²) >= 11 is 0. The summed E-state index contributed by atoms with van der Waals surface area (Å²) in [6.07, 6.45) is 3.10. The van der Waals surface area contributed by atoms with Crippen molar-refractivity contribution in [3.05, 3.63) is 18.3 Å². The van der Waals surface area contributed by atoms with E-state index in [0.717, 1.165) is 25.3 Å². The topological polar surface area (TPSA) is 43.4 Å². The van der Waals surface area contributed by atoms with Crippen LogP contribution in [-0.2, 0) is 0 Å². The largest absolute Gasteiger partial charge is 0.489 e. The third-order valence-corrected chi connectivity index (χ3v) is 2.96. The van der Waals surface area contributed by atoms with Crippen LogP contribution >= 0.6 is 0 Å². The molecule has 1 aromatic rings. The van der Waals surface area contributed by atoms with Gasteiger partial charge in [0, 0.05) is 18.8 Å². The molecular formula is C12H18N2O2. The smallest absolute Gasteiger partial charge is 0.216 e. The predicted molar refractivity (Wildman–Crippen MR) is 61.9 cm³/mol. The maximum Gasteiger partial charge on any atom is 0.216 e. The predicted octanol–water partition coefficient (Wildman–Crippen LogP) is 1.47. The van der Waals surface area contributed by atoms with Crippen LogP contribution in [0.15, 0.2) is 18.3 Å². The lowest BCUT2D eigenvalue weighted by molar-refractivity contribution is 0.114. The van der Waals surface area contributed by atoms with Gasteiger partial charge in [0.15, 0.2) is 0 Å². The quantitative estimate of drug-likeness (QED) is 0.841. The van der Waals surface area contributed by atoms with E-state index in [1.165, 1.54) is 0 Å². The summed E-state index contributed by atoms with van der Waals surface area (Å²) in [4.78, 5) is 4.05. The van der Waals surface area contributed by atoms with Gasteiger partial charge in [-0.1, -0.05) is 6.92 Å². The van der Waals surface area contributed by atoms with Crippen molar-refractivity contribution in [3.8, 4) is 11.6 Å². The Balaban J connectivity index is 2.01. The molecule has 0 radical (unpaired) electrons. The molecule has 2 rings (SSSR count). The summed E-state index contributed by atoms with van der Waals surface area (Å²) in [5.74, 6) is 2.00. The number of rotatable bonds is 3. The standard InChI is InChI=1S/C12H18N2O2/c1-9-3-5-13-8-11(9)16-10-4-6-14-12(7-10)15-2/h4,6-7,9,11,13H,3,5,8H2,1-2H3. The molecule has 0 aromatic carbocycles. The van der Waals surface area contributed by atoms with E-state index in [2.05, 4.69) is 17.2 Å². The van der Waals surface area contributed by atoms with Crippen LogP contribution in [0.4, 0.5) is 0 Å². The molecule has 2 unspecified atom stereocenters. The first-order valence-electron chi connectivity index (χ1n) is 5.67. The number of hydrogen-bond acceptors (Lipinski definition) is 4. The number of aromatic nitrogens is 1. The monoisotopic (exact) mass is 222 g/mol. The molecule has 0 spiro atoms. The van der Waals surface area contributed by atoms with E-state index >= 15 is 0 Å². The van der Waals surface area contributed by atoms with Gasteiger partial charge in [0.1, 0.15) is 11.9 Å². The van der Waals surface area contributed by atoms with Gasteiger partial charge in [-0.15, -0.1) is 0 Å². The van der Waals surface area contributed by atoms with Gasteiger partial charge in [0.2, 0.25) is 5.88 Å². The number of methoxy groups -OCH3 is 1. The molecule has 4 nitrogen and oxygen atoms in total. The number of ether oxygens (including phenoxy) is 2. The SMILES string of the molecule is COc1cc(OC2CNCCC2C)ccn1. The van der Waals surface area contributed by atoms with E-state index in [9.17, 15) is 0 Å². The lowest BCUT2D eigenvalue weighted by Crippen LogP contribution is -2.42. The Labute approximate surface area is 96.0 Å². The van der Waals surface area contributed by atoms with Gasteiger partial charge in [0.25, 0.3) is 0 Å². The summed E-state index contributed by atoms with van der Waals surface area (Å²) in [5.41, 5.74) is 0. The molecule has 1 aliphatic rings. The average Bonchev–Trinajstić information content (AvgIpc) is 2.32. The fourth-order valence-electron chi connectivity index (χ4n) is 1.87. The second kappa shape index (κ2) is 5.16. The molecule has 2 heterocycles. The zero-order valence-corrected chi connectivity index (χ0v) is 9.77. The normalized spacial score (nSPS) is 25.1. The Morgan fingerprint density at radius 2 is 2.38 bits per heavy atom. The summed E-state index contributed by atoms with van der Waals surface area (Å²) in [6, 6.07) is 3.69. The Kier molecular flexibility index (Phi) is 3.62. The number of piperidine rings is 1. The first-order chi connectivity index (χ1) is 7.79. The molecule has 1 aliphatic heterocycles. The summed E-state index contributed by atoms with van der Waals surface area (Å²) < 4.78 is 11.0. The first kappa shape index (κ1) is 11.2. The molecule has 4 heteroatoms. The molecule has 1 N–H and O–H groups in total. The van der Waals surface area contributed by atoms with E-state index in [-0.39, 0.29) is 6.10 Å². The van der Waals surface area contributed by atoms with E-state index in [1.807, 2.05) is 12.1 Å². The van der Waals surface area contributed by atoms with Crippen molar-refractivity contribution in [2.24, 2.45) is 5.92 Å². The van der Waals surface area contributed by atoms with E-state index in [4.69, 9.17) is 9.47 Å². The molecule has 1 saturated heterocycles.